The van der Waals surface area contributed by atoms with E-state index in [0.717, 1.165) is 18.5 Å². The highest BCUT2D eigenvalue weighted by Crippen LogP contribution is 2.54. The van der Waals surface area contributed by atoms with Crippen LogP contribution in [0.3, 0.4) is 0 Å². The molecule has 1 aromatic carbocycles. The lowest BCUT2D eigenvalue weighted by atomic mass is 9.77. The van der Waals surface area contributed by atoms with Crippen molar-refractivity contribution >= 4 is 21.8 Å². The topological polar surface area (TPSA) is 29.1 Å². The van der Waals surface area contributed by atoms with Crippen LogP contribution >= 0.6 is 15.9 Å². The zero-order valence-electron chi connectivity index (χ0n) is 12.0. The molecule has 2 aliphatic rings. The fourth-order valence-electron chi connectivity index (χ4n) is 3.81. The van der Waals surface area contributed by atoms with Crippen molar-refractivity contribution in [1.29, 1.82) is 0 Å². The molecule has 3 rings (SSSR count). The molecule has 1 aromatic rings. The third-order valence-corrected chi connectivity index (χ3v) is 6.69. The molecule has 0 spiro atoms. The molecule has 0 radical (unpaired) electrons. The van der Waals surface area contributed by atoms with Crippen molar-refractivity contribution in [2.75, 3.05) is 6.54 Å². The highest BCUT2D eigenvalue weighted by Gasteiger charge is 2.39. The van der Waals surface area contributed by atoms with Gasteiger partial charge in [0.25, 0.3) is 5.91 Å². The van der Waals surface area contributed by atoms with Gasteiger partial charge in [-0.3, -0.25) is 4.79 Å². The average molecular weight is 336 g/mol. The van der Waals surface area contributed by atoms with Gasteiger partial charge in [-0.15, -0.1) is 0 Å². The molecule has 2 nitrogen and oxygen atoms in total. The van der Waals surface area contributed by atoms with Crippen molar-refractivity contribution in [3.05, 3.63) is 34.9 Å². The zero-order chi connectivity index (χ0) is 14.2. The molecule has 0 bridgehead atoms. The fourth-order valence-corrected chi connectivity index (χ4v) is 4.87. The summed E-state index contributed by atoms with van der Waals surface area (Å²) in [6.45, 7) is 3.06. The lowest BCUT2D eigenvalue weighted by Crippen LogP contribution is -2.32. The highest BCUT2D eigenvalue weighted by molar-refractivity contribution is 9.09. The number of nitrogens with one attached hydrogen (secondary N) is 1. The van der Waals surface area contributed by atoms with Crippen molar-refractivity contribution in [2.24, 2.45) is 5.41 Å². The molecule has 20 heavy (non-hydrogen) atoms. The maximum atomic E-state index is 12.0. The SMILES string of the molecule is CCC1(C(Br)c2ccc3c(c2)C(=O)NCC3)CCCC1. The predicted octanol–water partition coefficient (Wildman–Crippen LogP) is 4.38. The van der Waals surface area contributed by atoms with E-state index in [2.05, 4.69) is 46.4 Å². The first kappa shape index (κ1) is 14.1. The first-order chi connectivity index (χ1) is 9.66. The van der Waals surface area contributed by atoms with Crippen LogP contribution in [0, 0.1) is 5.41 Å². The second-order valence-corrected chi connectivity index (χ2v) is 7.12. The molecule has 1 fully saturated rings. The molecule has 3 heteroatoms. The predicted molar refractivity (Wildman–Crippen MR) is 85.3 cm³/mol. The number of alkyl halides is 1. The smallest absolute Gasteiger partial charge is 0.251 e. The quantitative estimate of drug-likeness (QED) is 0.816. The lowest BCUT2D eigenvalue weighted by Gasteiger charge is -2.34. The second kappa shape index (κ2) is 5.51. The fraction of sp³-hybridized carbons (Fsp3) is 0.588. The number of fused-ring (bicyclic) bond motifs is 1. The number of hydrogen-bond donors (Lipinski definition) is 1. The Morgan fingerprint density at radius 2 is 2.10 bits per heavy atom. The van der Waals surface area contributed by atoms with Crippen LogP contribution in [0.25, 0.3) is 0 Å². The lowest BCUT2D eigenvalue weighted by molar-refractivity contribution is 0.0946. The Morgan fingerprint density at radius 1 is 1.35 bits per heavy atom. The van der Waals surface area contributed by atoms with Crippen LogP contribution in [0.4, 0.5) is 0 Å². The first-order valence-corrected chi connectivity index (χ1v) is 8.63. The van der Waals surface area contributed by atoms with E-state index in [1.165, 1.54) is 43.2 Å². The number of hydrogen-bond acceptors (Lipinski definition) is 1. The van der Waals surface area contributed by atoms with Crippen molar-refractivity contribution in [3.8, 4) is 0 Å². The van der Waals surface area contributed by atoms with E-state index >= 15 is 0 Å². The molecule has 1 atom stereocenters. The van der Waals surface area contributed by atoms with Crippen molar-refractivity contribution < 1.29 is 4.79 Å². The molecule has 1 amide bonds. The van der Waals surface area contributed by atoms with Gasteiger partial charge in [0.2, 0.25) is 0 Å². The van der Waals surface area contributed by atoms with Gasteiger partial charge in [0.05, 0.1) is 0 Å². The third kappa shape index (κ3) is 2.30. The van der Waals surface area contributed by atoms with Crippen molar-refractivity contribution in [3.63, 3.8) is 0 Å². The zero-order valence-corrected chi connectivity index (χ0v) is 13.6. The third-order valence-electron chi connectivity index (χ3n) is 5.19. The second-order valence-electron chi connectivity index (χ2n) is 6.21. The van der Waals surface area contributed by atoms with E-state index in [4.69, 9.17) is 0 Å². The Labute approximate surface area is 129 Å². The molecule has 108 valence electrons. The van der Waals surface area contributed by atoms with Crippen LogP contribution in [-0.4, -0.2) is 12.5 Å². The van der Waals surface area contributed by atoms with Gasteiger partial charge in [-0.25, -0.2) is 0 Å². The van der Waals surface area contributed by atoms with Crippen LogP contribution in [-0.2, 0) is 6.42 Å². The summed E-state index contributed by atoms with van der Waals surface area (Å²) < 4.78 is 0. The van der Waals surface area contributed by atoms with Gasteiger partial charge >= 0.3 is 0 Å². The van der Waals surface area contributed by atoms with E-state index in [1.807, 2.05) is 0 Å². The largest absolute Gasteiger partial charge is 0.352 e. The number of carbonyl (C=O) groups is 1. The van der Waals surface area contributed by atoms with E-state index < -0.39 is 0 Å². The van der Waals surface area contributed by atoms with Gasteiger partial charge in [0, 0.05) is 16.9 Å². The average Bonchev–Trinajstić information content (AvgIpc) is 2.97. The van der Waals surface area contributed by atoms with Crippen molar-refractivity contribution in [1.82, 2.24) is 5.32 Å². The summed E-state index contributed by atoms with van der Waals surface area (Å²) in [5.41, 5.74) is 3.71. The number of amides is 1. The summed E-state index contributed by atoms with van der Waals surface area (Å²) in [5, 5.41) is 2.94. The van der Waals surface area contributed by atoms with Crippen LogP contribution < -0.4 is 5.32 Å². The minimum atomic E-state index is 0.0878. The summed E-state index contributed by atoms with van der Waals surface area (Å²) in [6, 6.07) is 6.47. The molecule has 1 saturated carbocycles. The molecule has 1 heterocycles. The number of carbonyl (C=O) groups excluding carboxylic acids is 1. The van der Waals surface area contributed by atoms with E-state index in [1.54, 1.807) is 0 Å². The summed E-state index contributed by atoms with van der Waals surface area (Å²) in [5.74, 6) is 0.0878. The Bertz CT molecular complexity index is 520. The first-order valence-electron chi connectivity index (χ1n) is 7.71. The van der Waals surface area contributed by atoms with E-state index in [-0.39, 0.29) is 5.91 Å². The molecule has 1 N–H and O–H groups in total. The molecule has 0 saturated heterocycles. The Balaban J connectivity index is 1.94. The Morgan fingerprint density at radius 3 is 2.80 bits per heavy atom. The highest BCUT2D eigenvalue weighted by atomic mass is 79.9. The summed E-state index contributed by atoms with van der Waals surface area (Å²) in [7, 11) is 0. The standard InChI is InChI=1S/C17H22BrNO/c1-2-17(8-3-4-9-17)15(18)13-6-5-12-7-10-19-16(20)14(12)11-13/h5-6,11,15H,2-4,7-10H2,1H3,(H,19,20). The molecule has 0 aromatic heterocycles. The van der Waals surface area contributed by atoms with Gasteiger partial charge in [-0.2, -0.15) is 0 Å². The van der Waals surface area contributed by atoms with E-state index in [0.29, 0.717) is 10.2 Å². The minimum Gasteiger partial charge on any atom is -0.352 e. The van der Waals surface area contributed by atoms with Crippen molar-refractivity contribution in [2.45, 2.75) is 50.3 Å². The normalized spacial score (nSPS) is 22.2. The van der Waals surface area contributed by atoms with Gasteiger partial charge in [-0.1, -0.05) is 47.8 Å². The monoisotopic (exact) mass is 335 g/mol. The summed E-state index contributed by atoms with van der Waals surface area (Å²) in [6.07, 6.45) is 7.41. The minimum absolute atomic E-state index is 0.0878. The molecule has 1 aliphatic heterocycles. The van der Waals surface area contributed by atoms with Gasteiger partial charge in [0.1, 0.15) is 0 Å². The number of halogens is 1. The van der Waals surface area contributed by atoms with Gasteiger partial charge in [-0.05, 0) is 48.3 Å². The Kier molecular flexibility index (Phi) is 3.89. The maximum Gasteiger partial charge on any atom is 0.251 e. The molecule has 1 unspecified atom stereocenters. The maximum absolute atomic E-state index is 12.0. The summed E-state index contributed by atoms with van der Waals surface area (Å²) in [4.78, 5) is 12.4. The van der Waals surface area contributed by atoms with Crippen LogP contribution in [0.15, 0.2) is 18.2 Å². The van der Waals surface area contributed by atoms with Crippen LogP contribution in [0.1, 0.15) is 65.3 Å². The van der Waals surface area contributed by atoms with Gasteiger partial charge in [0.15, 0.2) is 0 Å². The number of benzene rings is 1. The van der Waals surface area contributed by atoms with Crippen LogP contribution in [0.5, 0.6) is 0 Å². The summed E-state index contributed by atoms with van der Waals surface area (Å²) >= 11 is 3.95. The molecular weight excluding hydrogens is 314 g/mol. The number of rotatable bonds is 3. The van der Waals surface area contributed by atoms with Crippen LogP contribution in [0.2, 0.25) is 0 Å². The molecular formula is C17H22BrNO. The Hall–Kier alpha value is -0.830. The van der Waals surface area contributed by atoms with E-state index in [9.17, 15) is 4.79 Å². The van der Waals surface area contributed by atoms with Gasteiger partial charge < -0.3 is 5.32 Å². The molecule has 1 aliphatic carbocycles.